The van der Waals surface area contributed by atoms with Crippen LogP contribution in [0.15, 0.2) is 47.4 Å². The molecule has 2 heterocycles. The lowest BCUT2D eigenvalue weighted by Crippen LogP contribution is -2.13. The highest BCUT2D eigenvalue weighted by Crippen LogP contribution is 2.28. The van der Waals surface area contributed by atoms with E-state index in [1.807, 2.05) is 4.57 Å². The molecule has 0 spiro atoms. The second-order valence-corrected chi connectivity index (χ2v) is 8.34. The number of nitrogens with zero attached hydrogens (tertiary/aromatic N) is 3. The maximum Gasteiger partial charge on any atom is 0.261 e. The number of sulfonamides is 1. The summed E-state index contributed by atoms with van der Waals surface area (Å²) in [5, 5.41) is 8.30. The molecule has 1 aliphatic rings. The molecule has 0 radical (unpaired) electrons. The molecule has 1 N–H and O–H groups in total. The molecule has 2 aromatic carbocycles. The van der Waals surface area contributed by atoms with Crippen molar-refractivity contribution >= 4 is 15.7 Å². The summed E-state index contributed by atoms with van der Waals surface area (Å²) >= 11 is 0. The standard InChI is InChI=1S/C19H18F2N4O2S/c20-13-5-8-15(9-6-13)28(26,27)24-14-7-10-17(21)16(12-14)19-23-22-18-4-2-1-3-11-25(18)19/h5-10,12,24H,1-4,11H2. The molecule has 0 amide bonds. The third kappa shape index (κ3) is 3.62. The Bertz CT molecular complexity index is 1110. The molecular weight excluding hydrogens is 386 g/mol. The van der Waals surface area contributed by atoms with E-state index in [9.17, 15) is 17.2 Å². The maximum atomic E-state index is 14.5. The highest BCUT2D eigenvalue weighted by Gasteiger charge is 2.20. The first kappa shape index (κ1) is 18.5. The zero-order valence-electron chi connectivity index (χ0n) is 14.9. The summed E-state index contributed by atoms with van der Waals surface area (Å²) in [5.74, 6) is 0.154. The van der Waals surface area contributed by atoms with Crippen LogP contribution in [0.4, 0.5) is 14.5 Å². The Morgan fingerprint density at radius 1 is 0.964 bits per heavy atom. The topological polar surface area (TPSA) is 76.9 Å². The van der Waals surface area contributed by atoms with Gasteiger partial charge in [-0.15, -0.1) is 10.2 Å². The number of hydrogen-bond donors (Lipinski definition) is 1. The number of aryl methyl sites for hydroxylation is 1. The molecule has 6 nitrogen and oxygen atoms in total. The first-order valence-electron chi connectivity index (χ1n) is 8.94. The van der Waals surface area contributed by atoms with E-state index in [0.717, 1.165) is 43.6 Å². The SMILES string of the molecule is O=S(=O)(Nc1ccc(F)c(-c2nnc3n2CCCCC3)c1)c1ccc(F)cc1. The number of anilines is 1. The van der Waals surface area contributed by atoms with Gasteiger partial charge in [0, 0.05) is 18.7 Å². The van der Waals surface area contributed by atoms with Crippen LogP contribution in [0.25, 0.3) is 11.4 Å². The Kier molecular flexibility index (Phi) is 4.84. The predicted octanol–water partition coefficient (Wildman–Crippen LogP) is 3.75. The first-order valence-corrected chi connectivity index (χ1v) is 10.4. The molecule has 146 valence electrons. The maximum absolute atomic E-state index is 14.5. The van der Waals surface area contributed by atoms with Gasteiger partial charge in [-0.3, -0.25) is 4.72 Å². The van der Waals surface area contributed by atoms with Crippen LogP contribution in [-0.2, 0) is 23.0 Å². The molecule has 3 aromatic rings. The molecule has 1 aliphatic heterocycles. The minimum Gasteiger partial charge on any atom is -0.311 e. The van der Waals surface area contributed by atoms with Crippen molar-refractivity contribution in [1.82, 2.24) is 14.8 Å². The summed E-state index contributed by atoms with van der Waals surface area (Å²) in [6, 6.07) is 8.39. The van der Waals surface area contributed by atoms with Gasteiger partial charge in [0.25, 0.3) is 10.0 Å². The fourth-order valence-corrected chi connectivity index (χ4v) is 4.32. The Morgan fingerprint density at radius 3 is 2.54 bits per heavy atom. The average molecular weight is 404 g/mol. The van der Waals surface area contributed by atoms with Gasteiger partial charge < -0.3 is 4.57 Å². The van der Waals surface area contributed by atoms with Gasteiger partial charge in [0.05, 0.1) is 10.5 Å². The van der Waals surface area contributed by atoms with Crippen molar-refractivity contribution in [2.75, 3.05) is 4.72 Å². The van der Waals surface area contributed by atoms with Crippen LogP contribution in [0.2, 0.25) is 0 Å². The van der Waals surface area contributed by atoms with Gasteiger partial charge in [-0.05, 0) is 55.3 Å². The molecule has 0 bridgehead atoms. The van der Waals surface area contributed by atoms with E-state index in [-0.39, 0.29) is 16.1 Å². The van der Waals surface area contributed by atoms with E-state index >= 15 is 0 Å². The van der Waals surface area contributed by atoms with Crippen LogP contribution in [0.1, 0.15) is 25.1 Å². The Morgan fingerprint density at radius 2 is 1.75 bits per heavy atom. The van der Waals surface area contributed by atoms with Crippen LogP contribution in [0.3, 0.4) is 0 Å². The molecule has 0 fully saturated rings. The monoisotopic (exact) mass is 404 g/mol. The van der Waals surface area contributed by atoms with E-state index in [4.69, 9.17) is 0 Å². The minimum atomic E-state index is -3.93. The number of nitrogens with one attached hydrogen (secondary N) is 1. The number of hydrogen-bond acceptors (Lipinski definition) is 4. The number of fused-ring (bicyclic) bond motifs is 1. The van der Waals surface area contributed by atoms with Gasteiger partial charge in [-0.1, -0.05) is 6.42 Å². The van der Waals surface area contributed by atoms with Crippen LogP contribution in [0, 0.1) is 11.6 Å². The van der Waals surface area contributed by atoms with Crippen molar-refractivity contribution in [3.8, 4) is 11.4 Å². The molecule has 0 unspecified atom stereocenters. The fourth-order valence-electron chi connectivity index (χ4n) is 3.27. The number of rotatable bonds is 4. The highest BCUT2D eigenvalue weighted by molar-refractivity contribution is 7.92. The summed E-state index contributed by atoms with van der Waals surface area (Å²) in [6.07, 6.45) is 3.82. The molecule has 9 heteroatoms. The van der Waals surface area contributed by atoms with Gasteiger partial charge in [0.1, 0.15) is 17.5 Å². The summed E-state index contributed by atoms with van der Waals surface area (Å²) in [6.45, 7) is 0.697. The number of halogens is 2. The average Bonchev–Trinajstić information content (AvgIpc) is 2.91. The van der Waals surface area contributed by atoms with Gasteiger partial charge in [-0.25, -0.2) is 17.2 Å². The highest BCUT2D eigenvalue weighted by atomic mass is 32.2. The molecule has 0 atom stereocenters. The van der Waals surface area contributed by atoms with E-state index in [1.54, 1.807) is 0 Å². The van der Waals surface area contributed by atoms with Crippen molar-refractivity contribution < 1.29 is 17.2 Å². The molecular formula is C19H18F2N4O2S. The molecule has 0 aliphatic carbocycles. The third-order valence-electron chi connectivity index (χ3n) is 4.69. The predicted molar refractivity (Wildman–Crippen MR) is 100 cm³/mol. The van der Waals surface area contributed by atoms with Crippen molar-refractivity contribution in [2.45, 2.75) is 37.1 Å². The minimum absolute atomic E-state index is 0.0869. The Hall–Kier alpha value is -2.81. The Labute approximate surface area is 161 Å². The molecule has 1 aromatic heterocycles. The van der Waals surface area contributed by atoms with Crippen molar-refractivity contribution in [3.63, 3.8) is 0 Å². The lowest BCUT2D eigenvalue weighted by Gasteiger charge is -2.11. The first-order chi connectivity index (χ1) is 13.4. The number of benzene rings is 2. The van der Waals surface area contributed by atoms with E-state index in [2.05, 4.69) is 14.9 Å². The second kappa shape index (κ2) is 7.31. The summed E-state index contributed by atoms with van der Waals surface area (Å²) < 4.78 is 56.9. The largest absolute Gasteiger partial charge is 0.311 e. The lowest BCUT2D eigenvalue weighted by molar-refractivity contribution is 0.599. The van der Waals surface area contributed by atoms with Crippen LogP contribution < -0.4 is 4.72 Å². The quantitative estimate of drug-likeness (QED) is 0.719. The van der Waals surface area contributed by atoms with Crippen LogP contribution >= 0.6 is 0 Å². The van der Waals surface area contributed by atoms with Gasteiger partial charge >= 0.3 is 0 Å². The van der Waals surface area contributed by atoms with Gasteiger partial charge in [-0.2, -0.15) is 0 Å². The molecule has 28 heavy (non-hydrogen) atoms. The van der Waals surface area contributed by atoms with Crippen molar-refractivity contribution in [1.29, 1.82) is 0 Å². The molecule has 0 saturated heterocycles. The Balaban J connectivity index is 1.68. The summed E-state index contributed by atoms with van der Waals surface area (Å²) in [7, 11) is -3.93. The zero-order valence-corrected chi connectivity index (χ0v) is 15.7. The van der Waals surface area contributed by atoms with Gasteiger partial charge in [0.15, 0.2) is 5.82 Å². The third-order valence-corrected chi connectivity index (χ3v) is 6.09. The molecule has 0 saturated carbocycles. The summed E-state index contributed by atoms with van der Waals surface area (Å²) in [5.41, 5.74) is 0.367. The van der Waals surface area contributed by atoms with E-state index in [0.29, 0.717) is 12.4 Å². The second-order valence-electron chi connectivity index (χ2n) is 6.66. The van der Waals surface area contributed by atoms with Gasteiger partial charge in [0.2, 0.25) is 0 Å². The van der Waals surface area contributed by atoms with E-state index in [1.165, 1.54) is 30.3 Å². The normalized spacial score (nSPS) is 14.4. The van der Waals surface area contributed by atoms with Crippen molar-refractivity contribution in [3.05, 3.63) is 59.9 Å². The fraction of sp³-hybridized carbons (Fsp3) is 0.263. The van der Waals surface area contributed by atoms with Crippen molar-refractivity contribution in [2.24, 2.45) is 0 Å². The zero-order chi connectivity index (χ0) is 19.7. The smallest absolute Gasteiger partial charge is 0.261 e. The van der Waals surface area contributed by atoms with Crippen LogP contribution in [-0.4, -0.2) is 23.2 Å². The molecule has 4 rings (SSSR count). The van der Waals surface area contributed by atoms with Crippen LogP contribution in [0.5, 0.6) is 0 Å². The number of aromatic nitrogens is 3. The van der Waals surface area contributed by atoms with E-state index < -0.39 is 21.7 Å². The summed E-state index contributed by atoms with van der Waals surface area (Å²) in [4.78, 5) is -0.0869. The lowest BCUT2D eigenvalue weighted by atomic mass is 10.1.